The van der Waals surface area contributed by atoms with Gasteiger partial charge in [0.25, 0.3) is 0 Å². The number of allylic oxidation sites excluding steroid dienone is 1. The Balaban J connectivity index is 1.56. The van der Waals surface area contributed by atoms with Crippen molar-refractivity contribution in [3.05, 3.63) is 41.2 Å². The molecule has 0 bridgehead atoms. The van der Waals surface area contributed by atoms with Gasteiger partial charge in [-0.1, -0.05) is 12.1 Å². The standard InChI is InChI=1S/C19H22N2O2/c1-13-4-2-6-17(20-13)21-18(22)19(9-10-19)15-7-8-16-14(12-15)5-3-11-23-16/h6-8,12H,2-5,9-11H2,1H3,(H,21,22). The Kier molecular flexibility index (Phi) is 3.47. The summed E-state index contributed by atoms with van der Waals surface area (Å²) in [7, 11) is 0. The lowest BCUT2D eigenvalue weighted by molar-refractivity contribution is -0.122. The number of rotatable bonds is 3. The van der Waals surface area contributed by atoms with Crippen molar-refractivity contribution in [3.63, 3.8) is 0 Å². The third kappa shape index (κ3) is 2.67. The molecule has 4 rings (SSSR count). The summed E-state index contributed by atoms with van der Waals surface area (Å²) < 4.78 is 5.68. The average molecular weight is 310 g/mol. The predicted octanol–water partition coefficient (Wildman–Crippen LogP) is 3.26. The fourth-order valence-electron chi connectivity index (χ4n) is 3.47. The van der Waals surface area contributed by atoms with Gasteiger partial charge in [0.15, 0.2) is 0 Å². The number of carbonyl (C=O) groups is 1. The number of ether oxygens (including phenoxy) is 1. The quantitative estimate of drug-likeness (QED) is 0.931. The number of hydrogen-bond acceptors (Lipinski definition) is 3. The predicted molar refractivity (Wildman–Crippen MR) is 89.7 cm³/mol. The van der Waals surface area contributed by atoms with Crippen LogP contribution in [0.2, 0.25) is 0 Å². The van der Waals surface area contributed by atoms with E-state index in [0.717, 1.165) is 62.2 Å². The lowest BCUT2D eigenvalue weighted by atomic mass is 9.91. The molecule has 0 unspecified atom stereocenters. The second kappa shape index (κ2) is 5.52. The second-order valence-corrected chi connectivity index (χ2v) is 6.79. The van der Waals surface area contributed by atoms with Crippen LogP contribution < -0.4 is 10.1 Å². The minimum absolute atomic E-state index is 0.0823. The number of nitrogens with one attached hydrogen (secondary N) is 1. The maximum atomic E-state index is 12.8. The van der Waals surface area contributed by atoms with E-state index in [4.69, 9.17) is 4.74 Å². The highest BCUT2D eigenvalue weighted by Crippen LogP contribution is 2.49. The molecule has 0 atom stereocenters. The molecule has 23 heavy (non-hydrogen) atoms. The molecule has 4 nitrogen and oxygen atoms in total. The largest absolute Gasteiger partial charge is 0.493 e. The highest BCUT2D eigenvalue weighted by atomic mass is 16.5. The first-order valence-electron chi connectivity index (χ1n) is 8.49. The smallest absolute Gasteiger partial charge is 0.236 e. The topological polar surface area (TPSA) is 50.7 Å². The van der Waals surface area contributed by atoms with Crippen LogP contribution in [0.3, 0.4) is 0 Å². The molecule has 0 saturated heterocycles. The van der Waals surface area contributed by atoms with Crippen molar-refractivity contribution in [2.75, 3.05) is 6.61 Å². The van der Waals surface area contributed by atoms with E-state index in [0.29, 0.717) is 5.82 Å². The summed E-state index contributed by atoms with van der Waals surface area (Å²) in [5.41, 5.74) is 3.07. The lowest BCUT2D eigenvalue weighted by Crippen LogP contribution is -2.34. The number of aryl methyl sites for hydroxylation is 1. The highest BCUT2D eigenvalue weighted by Gasteiger charge is 2.51. The van der Waals surface area contributed by atoms with E-state index in [-0.39, 0.29) is 11.3 Å². The van der Waals surface area contributed by atoms with Gasteiger partial charge in [-0.15, -0.1) is 0 Å². The summed E-state index contributed by atoms with van der Waals surface area (Å²) in [5.74, 6) is 1.77. The molecule has 0 radical (unpaired) electrons. The Bertz CT molecular complexity index is 714. The summed E-state index contributed by atoms with van der Waals surface area (Å²) in [4.78, 5) is 17.3. The minimum Gasteiger partial charge on any atom is -0.493 e. The summed E-state index contributed by atoms with van der Waals surface area (Å²) in [6.07, 6.45) is 7.86. The van der Waals surface area contributed by atoms with Gasteiger partial charge in [-0.3, -0.25) is 4.79 Å². The number of nitrogens with zero attached hydrogens (tertiary/aromatic N) is 1. The molecule has 0 spiro atoms. The van der Waals surface area contributed by atoms with Crippen molar-refractivity contribution in [2.45, 2.75) is 50.9 Å². The number of amides is 1. The van der Waals surface area contributed by atoms with Gasteiger partial charge in [0.2, 0.25) is 5.91 Å². The van der Waals surface area contributed by atoms with Gasteiger partial charge in [-0.25, -0.2) is 4.99 Å². The van der Waals surface area contributed by atoms with E-state index in [1.165, 1.54) is 5.56 Å². The molecule has 120 valence electrons. The molecule has 3 aliphatic rings. The fraction of sp³-hybridized carbons (Fsp3) is 0.474. The molecule has 2 heterocycles. The van der Waals surface area contributed by atoms with E-state index >= 15 is 0 Å². The number of benzene rings is 1. The number of aliphatic imine (C=N–C) groups is 1. The maximum absolute atomic E-state index is 12.8. The van der Waals surface area contributed by atoms with Crippen molar-refractivity contribution in [2.24, 2.45) is 4.99 Å². The molecular weight excluding hydrogens is 288 g/mol. The fourth-order valence-corrected chi connectivity index (χ4v) is 3.47. The van der Waals surface area contributed by atoms with Crippen molar-refractivity contribution in [1.29, 1.82) is 0 Å². The van der Waals surface area contributed by atoms with Crippen LogP contribution in [-0.4, -0.2) is 18.2 Å². The monoisotopic (exact) mass is 310 g/mol. The average Bonchev–Trinajstić information content (AvgIpc) is 3.36. The third-order valence-electron chi connectivity index (χ3n) is 5.04. The number of carbonyl (C=O) groups excluding carboxylic acids is 1. The van der Waals surface area contributed by atoms with Crippen LogP contribution in [0.15, 0.2) is 35.1 Å². The Labute approximate surface area is 136 Å². The van der Waals surface area contributed by atoms with Gasteiger partial charge in [-0.05, 0) is 68.7 Å². The zero-order valence-electron chi connectivity index (χ0n) is 13.5. The van der Waals surface area contributed by atoms with E-state index in [1.807, 2.05) is 19.1 Å². The maximum Gasteiger partial charge on any atom is 0.236 e. The van der Waals surface area contributed by atoms with Crippen LogP contribution in [-0.2, 0) is 16.6 Å². The normalized spacial score (nSPS) is 21.4. The van der Waals surface area contributed by atoms with Gasteiger partial charge in [-0.2, -0.15) is 0 Å². The molecule has 1 aromatic carbocycles. The molecule has 1 saturated carbocycles. The molecule has 2 aliphatic heterocycles. The molecule has 1 amide bonds. The van der Waals surface area contributed by atoms with Gasteiger partial charge >= 0.3 is 0 Å². The highest BCUT2D eigenvalue weighted by molar-refractivity contribution is 5.93. The Morgan fingerprint density at radius 1 is 1.30 bits per heavy atom. The first-order chi connectivity index (χ1) is 11.2. The van der Waals surface area contributed by atoms with E-state index in [2.05, 4.69) is 22.4 Å². The molecule has 1 N–H and O–H groups in total. The lowest BCUT2D eigenvalue weighted by Gasteiger charge is -2.21. The first-order valence-corrected chi connectivity index (χ1v) is 8.49. The van der Waals surface area contributed by atoms with Crippen LogP contribution in [0.25, 0.3) is 0 Å². The number of hydrogen-bond donors (Lipinski definition) is 1. The van der Waals surface area contributed by atoms with Gasteiger partial charge in [0, 0.05) is 5.71 Å². The van der Waals surface area contributed by atoms with Crippen molar-refractivity contribution < 1.29 is 9.53 Å². The Morgan fingerprint density at radius 3 is 2.96 bits per heavy atom. The Morgan fingerprint density at radius 2 is 2.17 bits per heavy atom. The summed E-state index contributed by atoms with van der Waals surface area (Å²) in [6, 6.07) is 6.25. The molecular formula is C19H22N2O2. The van der Waals surface area contributed by atoms with E-state index in [1.54, 1.807) is 0 Å². The Hall–Kier alpha value is -2.10. The van der Waals surface area contributed by atoms with Gasteiger partial charge in [0.05, 0.1) is 12.0 Å². The minimum atomic E-state index is -0.367. The van der Waals surface area contributed by atoms with Crippen LogP contribution >= 0.6 is 0 Å². The summed E-state index contributed by atoms with van der Waals surface area (Å²) in [5, 5.41) is 3.03. The molecule has 1 aromatic rings. The zero-order chi connectivity index (χ0) is 15.9. The second-order valence-electron chi connectivity index (χ2n) is 6.79. The van der Waals surface area contributed by atoms with Crippen molar-refractivity contribution in [3.8, 4) is 5.75 Å². The van der Waals surface area contributed by atoms with Crippen LogP contribution in [0.4, 0.5) is 0 Å². The number of fused-ring (bicyclic) bond motifs is 1. The SMILES string of the molecule is CC1=NC(NC(=O)C2(c3ccc4c(c3)CCCO4)CC2)=CCC1. The molecule has 1 fully saturated rings. The van der Waals surface area contributed by atoms with Crippen LogP contribution in [0, 0.1) is 0 Å². The van der Waals surface area contributed by atoms with E-state index < -0.39 is 0 Å². The summed E-state index contributed by atoms with van der Waals surface area (Å²) >= 11 is 0. The van der Waals surface area contributed by atoms with Crippen LogP contribution in [0.1, 0.15) is 50.2 Å². The van der Waals surface area contributed by atoms with E-state index in [9.17, 15) is 4.79 Å². The molecule has 0 aromatic heterocycles. The first kappa shape index (κ1) is 14.5. The summed E-state index contributed by atoms with van der Waals surface area (Å²) in [6.45, 7) is 2.80. The van der Waals surface area contributed by atoms with Crippen molar-refractivity contribution >= 4 is 11.6 Å². The zero-order valence-corrected chi connectivity index (χ0v) is 13.5. The van der Waals surface area contributed by atoms with Gasteiger partial charge < -0.3 is 10.1 Å². The van der Waals surface area contributed by atoms with Crippen LogP contribution in [0.5, 0.6) is 5.75 Å². The van der Waals surface area contributed by atoms with Crippen molar-refractivity contribution in [1.82, 2.24) is 5.32 Å². The third-order valence-corrected chi connectivity index (χ3v) is 5.04. The molecule has 1 aliphatic carbocycles. The van der Waals surface area contributed by atoms with Gasteiger partial charge in [0.1, 0.15) is 11.6 Å². The molecule has 4 heteroatoms.